The standard InChI is InChI=1S/C18H28N2O2.C12H14O5.C10H14/c1-3-4-12-16(17(19)21)14(2)18(22)20-13-8-11-15-9-6-5-7-10-15;1-7(13)11(14)8-5-9(15-2)12(17-4)10(6-8)16-3;1-2-3-7-10-8-5-4-6-9-10/h5-7,9-10,14,16H,3-4,8,11-13H2,1-2H3,(H2,19,21)(H,20,22);5-6H,1-4H3;4-6,8-9H,2-3,7H2,1H3. The van der Waals surface area contributed by atoms with Gasteiger partial charge in [-0.2, -0.15) is 0 Å². The molecule has 0 saturated carbocycles. The van der Waals surface area contributed by atoms with E-state index in [0.717, 1.165) is 25.7 Å². The number of methoxy groups -OCH3 is 3. The van der Waals surface area contributed by atoms with Gasteiger partial charge in [-0.15, -0.1) is 0 Å². The molecule has 2 amide bonds. The number of nitrogens with one attached hydrogen (secondary N) is 1. The van der Waals surface area contributed by atoms with Gasteiger partial charge in [-0.3, -0.25) is 19.2 Å². The second kappa shape index (κ2) is 24.5. The summed E-state index contributed by atoms with van der Waals surface area (Å²) in [5, 5.41) is 2.92. The van der Waals surface area contributed by atoms with Crippen molar-refractivity contribution in [3.8, 4) is 17.2 Å². The van der Waals surface area contributed by atoms with Crippen molar-refractivity contribution in [3.63, 3.8) is 0 Å². The van der Waals surface area contributed by atoms with Crippen LogP contribution < -0.4 is 25.3 Å². The predicted octanol–water partition coefficient (Wildman–Crippen LogP) is 7.18. The number of nitrogens with two attached hydrogens (primary N) is 1. The number of unbranched alkanes of at least 4 members (excludes halogenated alkanes) is 2. The summed E-state index contributed by atoms with van der Waals surface area (Å²) in [5.41, 5.74) is 8.37. The third kappa shape index (κ3) is 15.9. The Hall–Kier alpha value is -4.66. The van der Waals surface area contributed by atoms with E-state index in [1.807, 2.05) is 18.2 Å². The van der Waals surface area contributed by atoms with Gasteiger partial charge in [0.15, 0.2) is 17.3 Å². The first-order chi connectivity index (χ1) is 23.5. The molecule has 0 spiro atoms. The van der Waals surface area contributed by atoms with E-state index in [0.29, 0.717) is 30.2 Å². The van der Waals surface area contributed by atoms with Crippen molar-refractivity contribution >= 4 is 23.4 Å². The van der Waals surface area contributed by atoms with E-state index in [2.05, 4.69) is 61.6 Å². The molecule has 49 heavy (non-hydrogen) atoms. The Morgan fingerprint density at radius 3 is 1.63 bits per heavy atom. The maximum absolute atomic E-state index is 12.1. The van der Waals surface area contributed by atoms with E-state index in [4.69, 9.17) is 19.9 Å². The molecule has 0 heterocycles. The highest BCUT2D eigenvalue weighted by Crippen LogP contribution is 2.38. The highest BCUT2D eigenvalue weighted by molar-refractivity contribution is 6.43. The lowest BCUT2D eigenvalue weighted by atomic mass is 9.88. The zero-order chi connectivity index (χ0) is 36.6. The average Bonchev–Trinajstić information content (AvgIpc) is 3.12. The SMILES string of the molecule is CCCCC(C(N)=O)C(C)C(=O)NCCCc1ccccc1.CCCCc1ccccc1.COc1cc(C(=O)C(C)=O)cc(OC)c1OC. The van der Waals surface area contributed by atoms with E-state index >= 15 is 0 Å². The quantitative estimate of drug-likeness (QED) is 0.0829. The topological polar surface area (TPSA) is 134 Å². The van der Waals surface area contributed by atoms with E-state index in [1.165, 1.54) is 70.8 Å². The summed E-state index contributed by atoms with van der Waals surface area (Å²) in [5.74, 6) is -1.24. The van der Waals surface area contributed by atoms with Crippen LogP contribution in [-0.2, 0) is 27.2 Å². The van der Waals surface area contributed by atoms with Crippen LogP contribution in [0.4, 0.5) is 0 Å². The van der Waals surface area contributed by atoms with Gasteiger partial charge in [-0.05, 0) is 55.4 Å². The van der Waals surface area contributed by atoms with Gasteiger partial charge < -0.3 is 25.3 Å². The van der Waals surface area contributed by atoms with Crippen molar-refractivity contribution < 1.29 is 33.4 Å². The van der Waals surface area contributed by atoms with Crippen LogP contribution in [-0.4, -0.2) is 51.3 Å². The van der Waals surface area contributed by atoms with Crippen molar-refractivity contribution in [2.24, 2.45) is 17.6 Å². The largest absolute Gasteiger partial charge is 0.493 e. The van der Waals surface area contributed by atoms with Crippen LogP contribution in [0.15, 0.2) is 72.8 Å². The summed E-state index contributed by atoms with van der Waals surface area (Å²) in [6.07, 6.45) is 8.25. The second-order valence-corrected chi connectivity index (χ2v) is 11.7. The van der Waals surface area contributed by atoms with Crippen LogP contribution in [0.25, 0.3) is 0 Å². The number of benzene rings is 3. The number of rotatable bonds is 18. The number of carbonyl (C=O) groups is 4. The van der Waals surface area contributed by atoms with Gasteiger partial charge in [0, 0.05) is 30.9 Å². The van der Waals surface area contributed by atoms with E-state index in [9.17, 15) is 19.2 Å². The minimum Gasteiger partial charge on any atom is -0.493 e. The fraction of sp³-hybridized carbons (Fsp3) is 0.450. The third-order valence-corrected chi connectivity index (χ3v) is 7.94. The number of Topliss-reactive ketones (excluding diaryl/α,β-unsaturated/α-hetero) is 2. The van der Waals surface area contributed by atoms with E-state index < -0.39 is 11.6 Å². The molecule has 0 aliphatic rings. The molecule has 0 bridgehead atoms. The van der Waals surface area contributed by atoms with Gasteiger partial charge >= 0.3 is 0 Å². The molecule has 3 N–H and O–H groups in total. The molecule has 0 aromatic heterocycles. The first kappa shape index (κ1) is 42.4. The monoisotopic (exact) mass is 676 g/mol. The van der Waals surface area contributed by atoms with E-state index in [-0.39, 0.29) is 29.2 Å². The Balaban J connectivity index is 0.000000393. The first-order valence-electron chi connectivity index (χ1n) is 17.0. The summed E-state index contributed by atoms with van der Waals surface area (Å²) in [7, 11) is 4.35. The molecule has 9 heteroatoms. The Kier molecular flexibility index (Phi) is 21.2. The summed E-state index contributed by atoms with van der Waals surface area (Å²) >= 11 is 0. The lowest BCUT2D eigenvalue weighted by molar-refractivity contribution is -0.132. The molecule has 0 aliphatic carbocycles. The summed E-state index contributed by atoms with van der Waals surface area (Å²) < 4.78 is 15.3. The molecule has 3 aromatic rings. The molecule has 9 nitrogen and oxygen atoms in total. The number of hydrogen-bond acceptors (Lipinski definition) is 7. The van der Waals surface area contributed by atoms with Gasteiger partial charge in [0.2, 0.25) is 23.3 Å². The Bertz CT molecular complexity index is 1390. The van der Waals surface area contributed by atoms with Crippen molar-refractivity contribution in [3.05, 3.63) is 89.5 Å². The number of ketones is 2. The van der Waals surface area contributed by atoms with Gasteiger partial charge in [0.05, 0.1) is 21.3 Å². The molecule has 0 radical (unpaired) electrons. The fourth-order valence-electron chi connectivity index (χ4n) is 5.00. The highest BCUT2D eigenvalue weighted by Gasteiger charge is 2.27. The minimum atomic E-state index is -0.593. The Labute approximate surface area is 292 Å². The number of aryl methyl sites for hydroxylation is 2. The van der Waals surface area contributed by atoms with Gasteiger partial charge in [-0.1, -0.05) is 101 Å². The van der Waals surface area contributed by atoms with Crippen LogP contribution in [0.2, 0.25) is 0 Å². The number of amides is 2. The Morgan fingerprint density at radius 2 is 1.22 bits per heavy atom. The first-order valence-corrected chi connectivity index (χ1v) is 17.0. The van der Waals surface area contributed by atoms with Crippen molar-refractivity contribution in [2.45, 2.75) is 79.1 Å². The molecule has 3 rings (SSSR count). The lowest BCUT2D eigenvalue weighted by Gasteiger charge is -2.20. The zero-order valence-electron chi connectivity index (χ0n) is 30.4. The number of carbonyl (C=O) groups excluding carboxylic acids is 4. The zero-order valence-corrected chi connectivity index (χ0v) is 30.4. The maximum atomic E-state index is 12.1. The minimum absolute atomic E-state index is 0.0760. The van der Waals surface area contributed by atoms with Crippen LogP contribution in [0.5, 0.6) is 17.2 Å². The summed E-state index contributed by atoms with van der Waals surface area (Å²) in [4.78, 5) is 46.3. The van der Waals surface area contributed by atoms with Gasteiger partial charge in [0.1, 0.15) is 0 Å². The van der Waals surface area contributed by atoms with Crippen LogP contribution in [0, 0.1) is 11.8 Å². The second-order valence-electron chi connectivity index (χ2n) is 11.7. The van der Waals surface area contributed by atoms with Crippen molar-refractivity contribution in [2.75, 3.05) is 27.9 Å². The Morgan fingerprint density at radius 1 is 0.735 bits per heavy atom. The maximum Gasteiger partial charge on any atom is 0.228 e. The highest BCUT2D eigenvalue weighted by atomic mass is 16.5. The summed E-state index contributed by atoms with van der Waals surface area (Å²) in [6.45, 7) is 7.91. The number of hydrogen-bond donors (Lipinski definition) is 2. The smallest absolute Gasteiger partial charge is 0.228 e. The van der Waals surface area contributed by atoms with Crippen LogP contribution in [0.3, 0.4) is 0 Å². The van der Waals surface area contributed by atoms with E-state index in [1.54, 1.807) is 6.92 Å². The van der Waals surface area contributed by atoms with Crippen molar-refractivity contribution in [1.29, 1.82) is 0 Å². The molecule has 2 atom stereocenters. The molecule has 268 valence electrons. The van der Waals surface area contributed by atoms with Crippen molar-refractivity contribution in [1.82, 2.24) is 5.32 Å². The molecule has 0 aliphatic heterocycles. The number of ether oxygens (including phenoxy) is 3. The predicted molar refractivity (Wildman–Crippen MR) is 195 cm³/mol. The number of primary amides is 1. The molecular weight excluding hydrogens is 620 g/mol. The fourth-order valence-corrected chi connectivity index (χ4v) is 5.00. The normalized spacial score (nSPS) is 11.3. The molecule has 0 fully saturated rings. The third-order valence-electron chi connectivity index (χ3n) is 7.94. The van der Waals surface area contributed by atoms with Gasteiger partial charge in [-0.25, -0.2) is 0 Å². The van der Waals surface area contributed by atoms with Crippen LogP contribution in [0.1, 0.15) is 87.7 Å². The average molecular weight is 677 g/mol. The lowest BCUT2D eigenvalue weighted by Crippen LogP contribution is -2.39. The molecule has 2 unspecified atom stereocenters. The summed E-state index contributed by atoms with van der Waals surface area (Å²) in [6, 6.07) is 23.7. The molecule has 3 aromatic carbocycles. The van der Waals surface area contributed by atoms with Crippen LogP contribution >= 0.6 is 0 Å². The molecular formula is C40H56N2O7. The molecule has 0 saturated heterocycles. The van der Waals surface area contributed by atoms with Gasteiger partial charge in [0.25, 0.3) is 0 Å².